The van der Waals surface area contributed by atoms with Crippen molar-refractivity contribution in [1.82, 2.24) is 4.72 Å². The number of benzene rings is 1. The highest BCUT2D eigenvalue weighted by atomic mass is 32.2. The topological polar surface area (TPSA) is 81.4 Å². The molecule has 1 aromatic rings. The van der Waals surface area contributed by atoms with E-state index in [1.807, 2.05) is 6.92 Å². The fourth-order valence-corrected chi connectivity index (χ4v) is 4.30. The highest BCUT2D eigenvalue weighted by Gasteiger charge is 2.27. The maximum absolute atomic E-state index is 12.6. The van der Waals surface area contributed by atoms with E-state index >= 15 is 0 Å². The molecule has 116 valence electrons. The molecule has 1 aliphatic heterocycles. The lowest BCUT2D eigenvalue weighted by molar-refractivity contribution is 0.0585. The average molecular weight is 328 g/mol. The van der Waals surface area contributed by atoms with Crippen LogP contribution in [0.5, 0.6) is 0 Å². The molecule has 0 saturated carbocycles. The molecule has 2 rings (SSSR count). The van der Waals surface area contributed by atoms with Crippen LogP contribution in [0.25, 0.3) is 0 Å². The second-order valence-corrected chi connectivity index (χ2v) is 7.34. The first-order valence-corrected chi connectivity index (χ1v) is 8.80. The van der Waals surface area contributed by atoms with Crippen LogP contribution in [0.3, 0.4) is 0 Å². The predicted octanol–water partition coefficient (Wildman–Crippen LogP) is 1.41. The number of hydrogen-bond acceptors (Lipinski definition) is 4. The number of hydrogen-bond donors (Lipinski definition) is 2. The van der Waals surface area contributed by atoms with Gasteiger partial charge in [-0.05, 0) is 31.7 Å². The van der Waals surface area contributed by atoms with E-state index in [-0.39, 0.29) is 21.8 Å². The Balaban J connectivity index is 2.20. The molecule has 21 heavy (non-hydrogen) atoms. The quantitative estimate of drug-likeness (QED) is 0.799. The molecule has 1 fully saturated rings. The first-order chi connectivity index (χ1) is 9.92. The van der Waals surface area contributed by atoms with E-state index in [9.17, 15) is 8.42 Å². The number of thiocarbonyl (C=S) groups is 1. The maximum Gasteiger partial charge on any atom is 0.241 e. The van der Waals surface area contributed by atoms with Crippen molar-refractivity contribution in [3.8, 4) is 0 Å². The van der Waals surface area contributed by atoms with Crippen LogP contribution in [0.2, 0.25) is 0 Å². The second-order valence-electron chi connectivity index (χ2n) is 5.22. The largest absolute Gasteiger partial charge is 0.389 e. The van der Waals surface area contributed by atoms with E-state index in [0.29, 0.717) is 18.8 Å². The first-order valence-electron chi connectivity index (χ1n) is 6.90. The summed E-state index contributed by atoms with van der Waals surface area (Å²) in [5.74, 6) is 0.283. The molecule has 1 unspecified atom stereocenters. The van der Waals surface area contributed by atoms with Gasteiger partial charge in [-0.15, -0.1) is 0 Å². The van der Waals surface area contributed by atoms with Crippen molar-refractivity contribution in [2.24, 2.45) is 11.7 Å². The SMILES string of the molecule is CC(NS(=O)(=O)c1ccccc1C(N)=S)C1CCOCC1. The Bertz CT molecular complexity index is 610. The van der Waals surface area contributed by atoms with Crippen molar-refractivity contribution in [3.63, 3.8) is 0 Å². The Hall–Kier alpha value is -1.02. The lowest BCUT2D eigenvalue weighted by atomic mass is 9.94. The molecule has 7 heteroatoms. The molecule has 0 radical (unpaired) electrons. The van der Waals surface area contributed by atoms with Crippen molar-refractivity contribution in [3.05, 3.63) is 29.8 Å². The Morgan fingerprint density at radius 2 is 2.00 bits per heavy atom. The van der Waals surface area contributed by atoms with Gasteiger partial charge >= 0.3 is 0 Å². The molecule has 1 heterocycles. The van der Waals surface area contributed by atoms with Gasteiger partial charge in [0.1, 0.15) is 4.99 Å². The van der Waals surface area contributed by atoms with Gasteiger partial charge in [0.15, 0.2) is 0 Å². The maximum atomic E-state index is 12.6. The summed E-state index contributed by atoms with van der Waals surface area (Å²) in [6, 6.07) is 6.37. The highest BCUT2D eigenvalue weighted by Crippen LogP contribution is 2.21. The van der Waals surface area contributed by atoms with E-state index in [1.54, 1.807) is 18.2 Å². The molecule has 5 nitrogen and oxygen atoms in total. The van der Waals surface area contributed by atoms with Gasteiger partial charge in [0.25, 0.3) is 0 Å². The van der Waals surface area contributed by atoms with Gasteiger partial charge in [-0.3, -0.25) is 0 Å². The summed E-state index contributed by atoms with van der Waals surface area (Å²) in [4.78, 5) is 0.214. The van der Waals surface area contributed by atoms with E-state index in [2.05, 4.69) is 4.72 Å². The molecule has 0 spiro atoms. The van der Waals surface area contributed by atoms with Gasteiger partial charge < -0.3 is 10.5 Å². The minimum atomic E-state index is -3.64. The Morgan fingerprint density at radius 3 is 2.62 bits per heavy atom. The Labute approximate surface area is 130 Å². The van der Waals surface area contributed by atoms with Crippen molar-refractivity contribution in [2.75, 3.05) is 13.2 Å². The van der Waals surface area contributed by atoms with E-state index < -0.39 is 10.0 Å². The van der Waals surface area contributed by atoms with Crippen LogP contribution in [-0.2, 0) is 14.8 Å². The van der Waals surface area contributed by atoms with Gasteiger partial charge in [0, 0.05) is 24.8 Å². The zero-order valence-electron chi connectivity index (χ0n) is 11.9. The standard InChI is InChI=1S/C14H20N2O3S2/c1-10(11-6-8-19-9-7-11)16-21(17,18)13-5-3-2-4-12(13)14(15)20/h2-5,10-11,16H,6-9H2,1H3,(H2,15,20). The van der Waals surface area contributed by atoms with Gasteiger partial charge in [-0.1, -0.05) is 30.4 Å². The molecule has 0 bridgehead atoms. The van der Waals surface area contributed by atoms with Crippen LogP contribution >= 0.6 is 12.2 Å². The van der Waals surface area contributed by atoms with Gasteiger partial charge in [0.2, 0.25) is 10.0 Å². The van der Waals surface area contributed by atoms with Crippen LogP contribution < -0.4 is 10.5 Å². The van der Waals surface area contributed by atoms with E-state index in [1.165, 1.54) is 6.07 Å². The fraction of sp³-hybridized carbons (Fsp3) is 0.500. The lowest BCUT2D eigenvalue weighted by Crippen LogP contribution is -2.40. The zero-order chi connectivity index (χ0) is 15.5. The molecule has 1 aliphatic rings. The second kappa shape index (κ2) is 6.83. The Morgan fingerprint density at radius 1 is 1.38 bits per heavy atom. The molecule has 1 atom stereocenters. The lowest BCUT2D eigenvalue weighted by Gasteiger charge is -2.28. The number of ether oxygens (including phenoxy) is 1. The van der Waals surface area contributed by atoms with Crippen molar-refractivity contribution in [2.45, 2.75) is 30.7 Å². The number of sulfonamides is 1. The number of nitrogens with two attached hydrogens (primary N) is 1. The van der Waals surface area contributed by atoms with Crippen LogP contribution in [0.4, 0.5) is 0 Å². The van der Waals surface area contributed by atoms with Gasteiger partial charge in [-0.25, -0.2) is 13.1 Å². The first kappa shape index (κ1) is 16.4. The monoisotopic (exact) mass is 328 g/mol. The molecule has 0 aliphatic carbocycles. The van der Waals surface area contributed by atoms with Crippen LogP contribution in [0, 0.1) is 5.92 Å². The Kier molecular flexibility index (Phi) is 5.32. The van der Waals surface area contributed by atoms with E-state index in [4.69, 9.17) is 22.7 Å². The zero-order valence-corrected chi connectivity index (χ0v) is 13.5. The molecule has 3 N–H and O–H groups in total. The third-order valence-electron chi connectivity index (χ3n) is 3.76. The summed E-state index contributed by atoms with van der Waals surface area (Å²) in [7, 11) is -3.64. The molecular formula is C14H20N2O3S2. The summed E-state index contributed by atoms with van der Waals surface area (Å²) in [6.07, 6.45) is 1.72. The minimum absolute atomic E-state index is 0.0784. The summed E-state index contributed by atoms with van der Waals surface area (Å²) in [5, 5.41) is 0. The molecule has 1 aromatic carbocycles. The van der Waals surface area contributed by atoms with Crippen LogP contribution in [0.1, 0.15) is 25.3 Å². The third-order valence-corrected chi connectivity index (χ3v) is 5.59. The van der Waals surface area contributed by atoms with Crippen molar-refractivity contribution in [1.29, 1.82) is 0 Å². The normalized spacial score (nSPS) is 18.3. The molecule has 0 amide bonds. The summed E-state index contributed by atoms with van der Waals surface area (Å²) in [5.41, 5.74) is 5.98. The van der Waals surface area contributed by atoms with Gasteiger partial charge in [-0.2, -0.15) is 0 Å². The average Bonchev–Trinajstić information content (AvgIpc) is 2.47. The fourth-order valence-electron chi connectivity index (χ4n) is 2.52. The summed E-state index contributed by atoms with van der Waals surface area (Å²) < 4.78 is 33.1. The van der Waals surface area contributed by atoms with E-state index in [0.717, 1.165) is 12.8 Å². The number of rotatable bonds is 5. The predicted molar refractivity (Wildman–Crippen MR) is 85.7 cm³/mol. The smallest absolute Gasteiger partial charge is 0.241 e. The summed E-state index contributed by atoms with van der Waals surface area (Å²) >= 11 is 4.93. The molecule has 0 aromatic heterocycles. The third kappa shape index (κ3) is 4.00. The van der Waals surface area contributed by atoms with Crippen molar-refractivity contribution >= 4 is 27.2 Å². The van der Waals surface area contributed by atoms with Crippen LogP contribution in [-0.4, -0.2) is 32.7 Å². The highest BCUT2D eigenvalue weighted by molar-refractivity contribution is 7.89. The number of nitrogens with one attached hydrogen (secondary N) is 1. The molecular weight excluding hydrogens is 308 g/mol. The minimum Gasteiger partial charge on any atom is -0.389 e. The van der Waals surface area contributed by atoms with Crippen molar-refractivity contribution < 1.29 is 13.2 Å². The van der Waals surface area contributed by atoms with Crippen LogP contribution in [0.15, 0.2) is 29.2 Å². The summed E-state index contributed by atoms with van der Waals surface area (Å²) in [6.45, 7) is 3.25. The van der Waals surface area contributed by atoms with Gasteiger partial charge in [0.05, 0.1) is 4.90 Å². The molecule has 1 saturated heterocycles.